The Balaban J connectivity index is 2.62. The van der Waals surface area contributed by atoms with E-state index in [1.54, 1.807) is 18.2 Å². The first-order chi connectivity index (χ1) is 8.95. The highest BCUT2D eigenvalue weighted by Crippen LogP contribution is 2.40. The first kappa shape index (κ1) is 14.1. The maximum absolute atomic E-state index is 12.3. The number of methoxy groups -OCH3 is 1. The number of rotatable bonds is 4. The molecule has 1 aromatic carbocycles. The molecule has 1 aromatic rings. The van der Waals surface area contributed by atoms with Crippen LogP contribution in [-0.4, -0.2) is 22.7 Å². The third kappa shape index (κ3) is 2.53. The number of halogens is 1. The van der Waals surface area contributed by atoms with Crippen LogP contribution in [0.25, 0.3) is 5.76 Å². The summed E-state index contributed by atoms with van der Waals surface area (Å²) in [7, 11) is -0.0692. The Bertz CT molecular complexity index is 592. The van der Waals surface area contributed by atoms with Gasteiger partial charge >= 0.3 is 0 Å². The fourth-order valence-electron chi connectivity index (χ4n) is 1.81. The summed E-state index contributed by atoms with van der Waals surface area (Å²) < 4.78 is 23.0. The van der Waals surface area contributed by atoms with Crippen molar-refractivity contribution in [3.05, 3.63) is 28.7 Å². The minimum Gasteiger partial charge on any atom is -0.497 e. The lowest BCUT2D eigenvalue weighted by atomic mass is 10.1. The Morgan fingerprint density at radius 3 is 2.58 bits per heavy atom. The molecule has 0 fully saturated rings. The van der Waals surface area contributed by atoms with E-state index in [1.165, 1.54) is 7.11 Å². The molecule has 0 radical (unpaired) electrons. The molecule has 1 heterocycles. The van der Waals surface area contributed by atoms with E-state index >= 15 is 0 Å². The van der Waals surface area contributed by atoms with Crippen LogP contribution in [0.3, 0.4) is 0 Å². The smallest absolute Gasteiger partial charge is 0.265 e. The van der Waals surface area contributed by atoms with Gasteiger partial charge in [-0.3, -0.25) is 4.79 Å². The van der Waals surface area contributed by atoms with Crippen LogP contribution in [0.5, 0.6) is 5.75 Å². The normalized spacial score (nSPS) is 17.6. The van der Waals surface area contributed by atoms with Gasteiger partial charge in [0.05, 0.1) is 28.9 Å². The van der Waals surface area contributed by atoms with Gasteiger partial charge in [0.2, 0.25) is 0 Å². The lowest BCUT2D eigenvalue weighted by Crippen LogP contribution is -2.05. The van der Waals surface area contributed by atoms with Gasteiger partial charge in [0, 0.05) is 5.56 Å². The predicted molar refractivity (Wildman–Crippen MR) is 73.4 cm³/mol. The summed E-state index contributed by atoms with van der Waals surface area (Å²) >= 11 is 5.52. The molecule has 0 aromatic heterocycles. The number of benzene rings is 1. The number of hydrogen-bond donors (Lipinski definition) is 0. The van der Waals surface area contributed by atoms with Crippen molar-refractivity contribution in [2.75, 3.05) is 7.11 Å². The molecular weight excluding hydrogens is 288 g/mol. The fraction of sp³-hybridized carbons (Fsp3) is 0.308. The average Bonchev–Trinajstić information content (AvgIpc) is 2.61. The van der Waals surface area contributed by atoms with Crippen molar-refractivity contribution in [2.45, 2.75) is 24.8 Å². The summed E-state index contributed by atoms with van der Waals surface area (Å²) in [6.07, 6.45) is -0.157. The standard InChI is InChI=1S/C13H13ClO4S/c1-7(2)18-11-9-6-8(17-3)4-5-10(9)19(16)12(11)13(14)15/h4-7H,1-3H3. The van der Waals surface area contributed by atoms with Crippen molar-refractivity contribution >= 4 is 33.4 Å². The highest BCUT2D eigenvalue weighted by Gasteiger charge is 2.34. The Morgan fingerprint density at radius 2 is 2.05 bits per heavy atom. The molecule has 0 spiro atoms. The summed E-state index contributed by atoms with van der Waals surface area (Å²) in [4.78, 5) is 12.0. The van der Waals surface area contributed by atoms with E-state index in [0.29, 0.717) is 16.2 Å². The third-order valence-electron chi connectivity index (χ3n) is 2.55. The molecule has 0 N–H and O–H groups in total. The van der Waals surface area contributed by atoms with E-state index < -0.39 is 16.0 Å². The molecular formula is C13H13ClO4S. The first-order valence-corrected chi connectivity index (χ1v) is 7.19. The van der Waals surface area contributed by atoms with Crippen molar-refractivity contribution in [3.63, 3.8) is 0 Å². The minimum absolute atomic E-state index is 0.00128. The van der Waals surface area contributed by atoms with Crippen molar-refractivity contribution in [1.29, 1.82) is 0 Å². The number of ether oxygens (including phenoxy) is 2. The molecule has 102 valence electrons. The monoisotopic (exact) mass is 300 g/mol. The number of hydrogen-bond acceptors (Lipinski definition) is 4. The maximum atomic E-state index is 12.3. The van der Waals surface area contributed by atoms with E-state index in [0.717, 1.165) is 0 Å². The second kappa shape index (κ2) is 5.35. The van der Waals surface area contributed by atoms with Gasteiger partial charge in [-0.15, -0.1) is 0 Å². The molecule has 1 atom stereocenters. The predicted octanol–water partition coefficient (Wildman–Crippen LogP) is 2.68. The van der Waals surface area contributed by atoms with Crippen LogP contribution in [0.1, 0.15) is 19.4 Å². The number of carbonyl (C=O) groups excluding carboxylic acids is 1. The maximum Gasteiger partial charge on any atom is 0.265 e. The van der Waals surface area contributed by atoms with Crippen LogP contribution in [-0.2, 0) is 20.3 Å². The Labute approximate surface area is 118 Å². The highest BCUT2D eigenvalue weighted by molar-refractivity contribution is 7.91. The van der Waals surface area contributed by atoms with Crippen molar-refractivity contribution in [3.8, 4) is 5.75 Å². The largest absolute Gasteiger partial charge is 0.497 e. The van der Waals surface area contributed by atoms with Gasteiger partial charge in [-0.25, -0.2) is 4.21 Å². The molecule has 0 saturated carbocycles. The Kier molecular flexibility index (Phi) is 3.96. The zero-order chi connectivity index (χ0) is 14.2. The summed E-state index contributed by atoms with van der Waals surface area (Å²) in [5.41, 5.74) is 0.593. The van der Waals surface area contributed by atoms with Crippen LogP contribution in [0.4, 0.5) is 0 Å². The molecule has 0 amide bonds. The lowest BCUT2D eigenvalue weighted by Gasteiger charge is -2.12. The van der Waals surface area contributed by atoms with E-state index in [-0.39, 0.29) is 16.8 Å². The lowest BCUT2D eigenvalue weighted by molar-refractivity contribution is -0.108. The average molecular weight is 301 g/mol. The molecule has 1 aliphatic heterocycles. The first-order valence-electron chi connectivity index (χ1n) is 5.66. The molecule has 2 rings (SSSR count). The number of allylic oxidation sites excluding steroid dienone is 1. The van der Waals surface area contributed by atoms with Gasteiger partial charge in [-0.2, -0.15) is 0 Å². The Morgan fingerprint density at radius 1 is 1.37 bits per heavy atom. The van der Waals surface area contributed by atoms with Gasteiger partial charge in [0.25, 0.3) is 5.24 Å². The van der Waals surface area contributed by atoms with Crippen molar-refractivity contribution in [1.82, 2.24) is 0 Å². The van der Waals surface area contributed by atoms with Crippen molar-refractivity contribution < 1.29 is 18.5 Å². The third-order valence-corrected chi connectivity index (χ3v) is 4.35. The summed E-state index contributed by atoms with van der Waals surface area (Å²) in [6, 6.07) is 5.03. The quantitative estimate of drug-likeness (QED) is 0.802. The molecule has 1 unspecified atom stereocenters. The van der Waals surface area contributed by atoms with Gasteiger partial charge in [-0.1, -0.05) is 0 Å². The molecule has 0 saturated heterocycles. The minimum atomic E-state index is -1.60. The topological polar surface area (TPSA) is 52.6 Å². The summed E-state index contributed by atoms with van der Waals surface area (Å²) in [5, 5.41) is -0.760. The zero-order valence-corrected chi connectivity index (χ0v) is 12.3. The highest BCUT2D eigenvalue weighted by atomic mass is 35.5. The summed E-state index contributed by atoms with van der Waals surface area (Å²) in [6.45, 7) is 3.65. The van der Waals surface area contributed by atoms with Crippen LogP contribution in [0.2, 0.25) is 0 Å². The number of carbonyl (C=O) groups is 1. The van der Waals surface area contributed by atoms with Crippen LogP contribution in [0, 0.1) is 0 Å². The SMILES string of the molecule is COc1ccc2c(c1)C(OC(C)C)=C(C(=O)Cl)S2=O. The van der Waals surface area contributed by atoms with E-state index in [4.69, 9.17) is 21.1 Å². The van der Waals surface area contributed by atoms with E-state index in [2.05, 4.69) is 0 Å². The van der Waals surface area contributed by atoms with E-state index in [1.807, 2.05) is 13.8 Å². The Hall–Kier alpha value is -1.33. The van der Waals surface area contributed by atoms with Gasteiger partial charge in [0.1, 0.15) is 16.4 Å². The summed E-state index contributed by atoms with van der Waals surface area (Å²) in [5.74, 6) is 0.881. The van der Waals surface area contributed by atoms with Gasteiger partial charge in [-0.05, 0) is 43.6 Å². The molecule has 6 heteroatoms. The van der Waals surface area contributed by atoms with Crippen LogP contribution in [0.15, 0.2) is 28.0 Å². The second-order valence-corrected chi connectivity index (χ2v) is 5.96. The molecule has 0 bridgehead atoms. The van der Waals surface area contributed by atoms with Crippen molar-refractivity contribution in [2.24, 2.45) is 0 Å². The molecule has 1 aliphatic rings. The molecule has 19 heavy (non-hydrogen) atoms. The zero-order valence-electron chi connectivity index (χ0n) is 10.7. The molecule has 4 nitrogen and oxygen atoms in total. The van der Waals surface area contributed by atoms with Crippen LogP contribution < -0.4 is 4.74 Å². The number of fused-ring (bicyclic) bond motifs is 1. The molecule has 0 aliphatic carbocycles. The van der Waals surface area contributed by atoms with Crippen LogP contribution >= 0.6 is 11.6 Å². The van der Waals surface area contributed by atoms with Gasteiger partial charge in [0.15, 0.2) is 0 Å². The van der Waals surface area contributed by atoms with E-state index in [9.17, 15) is 9.00 Å². The second-order valence-electron chi connectivity index (χ2n) is 4.23. The fourth-order valence-corrected chi connectivity index (χ4v) is 3.34. The van der Waals surface area contributed by atoms with Gasteiger partial charge < -0.3 is 9.47 Å².